The van der Waals surface area contributed by atoms with Gasteiger partial charge in [0, 0.05) is 30.6 Å². The number of primary amides is 1. The topological polar surface area (TPSA) is 210 Å². The van der Waals surface area contributed by atoms with Crippen LogP contribution in [0.5, 0.6) is 0 Å². The van der Waals surface area contributed by atoms with E-state index in [9.17, 15) is 33.3 Å². The summed E-state index contributed by atoms with van der Waals surface area (Å²) in [5.41, 5.74) is -1.30. The summed E-state index contributed by atoms with van der Waals surface area (Å²) in [5.74, 6) is -3.52. The molecule has 0 radical (unpaired) electrons. The van der Waals surface area contributed by atoms with E-state index in [1.54, 1.807) is 13.8 Å². The van der Waals surface area contributed by atoms with E-state index in [1.165, 1.54) is 64.7 Å². The quantitative estimate of drug-likeness (QED) is 0.0610. The Kier molecular flexibility index (Phi) is 18.0. The number of likely N-dealkylation sites (tertiary alicyclic amines) is 1. The average Bonchev–Trinajstić information content (AvgIpc) is 3.61. The number of rotatable bonds is 20. The van der Waals surface area contributed by atoms with Gasteiger partial charge >= 0.3 is 25.2 Å². The Morgan fingerprint density at radius 1 is 0.930 bits per heavy atom. The molecule has 4 N–H and O–H groups in total. The van der Waals surface area contributed by atoms with E-state index in [1.807, 2.05) is 6.92 Å². The van der Waals surface area contributed by atoms with Crippen LogP contribution in [0.25, 0.3) is 5.57 Å². The van der Waals surface area contributed by atoms with Crippen LogP contribution in [0.4, 0.5) is 8.78 Å². The molecule has 57 heavy (non-hydrogen) atoms. The maximum atomic E-state index is 16.0. The van der Waals surface area contributed by atoms with Gasteiger partial charge in [-0.2, -0.15) is 8.78 Å². The van der Waals surface area contributed by atoms with Gasteiger partial charge in [0.2, 0.25) is 37.2 Å². The SMILES string of the molecule is CCCCC(NC(=O)C=C(C)c1ccc(C(F)(F)P(=O)(OCOC(=O)C(C)(C)C)OCOC(=O)C(C)(C)C)cc1)C(=O)N1CCCC1C(=O)NC(C)CCC(N)=O. The van der Waals surface area contributed by atoms with Crippen LogP contribution in [-0.4, -0.2) is 78.7 Å². The van der Waals surface area contributed by atoms with Crippen LogP contribution in [-0.2, 0) is 57.5 Å². The normalized spacial score (nSPS) is 16.4. The van der Waals surface area contributed by atoms with Crippen molar-refractivity contribution < 1.29 is 60.6 Å². The number of amides is 4. The van der Waals surface area contributed by atoms with Gasteiger partial charge < -0.3 is 30.7 Å². The maximum absolute atomic E-state index is 16.0. The smallest absolute Gasteiger partial charge is 0.410 e. The van der Waals surface area contributed by atoms with Crippen molar-refractivity contribution in [2.45, 2.75) is 131 Å². The summed E-state index contributed by atoms with van der Waals surface area (Å²) in [7, 11) is -5.54. The molecule has 0 saturated carbocycles. The standard InChI is InChI=1S/C39H59F2N4O11P/c1-10-11-13-29(34(49)45-21-12-14-30(45)33(48)43-26(3)15-20-31(42)46)44-32(47)22-25(2)27-16-18-28(19-17-27)39(40,41)57(52,55-23-53-35(50)37(4,5)6)56-24-54-36(51)38(7,8)9/h16-19,22,26,29-30H,10-15,20-21,23-24H2,1-9H3,(H2,42,46)(H,43,48)(H,44,47). The summed E-state index contributed by atoms with van der Waals surface area (Å²) >= 11 is 0. The van der Waals surface area contributed by atoms with Gasteiger partial charge in [0.1, 0.15) is 12.1 Å². The molecule has 0 aliphatic carbocycles. The number of halogens is 2. The predicted molar refractivity (Wildman–Crippen MR) is 207 cm³/mol. The minimum Gasteiger partial charge on any atom is -0.438 e. The van der Waals surface area contributed by atoms with E-state index in [4.69, 9.17) is 24.3 Å². The third-order valence-electron chi connectivity index (χ3n) is 8.94. The lowest BCUT2D eigenvalue weighted by atomic mass is 9.98. The van der Waals surface area contributed by atoms with E-state index in [0.29, 0.717) is 49.8 Å². The largest absolute Gasteiger partial charge is 0.438 e. The first kappa shape index (κ1) is 48.9. The molecule has 3 unspecified atom stereocenters. The number of allylic oxidation sites excluding steroid dienone is 1. The first-order valence-corrected chi connectivity index (χ1v) is 20.5. The molecule has 1 heterocycles. The summed E-state index contributed by atoms with van der Waals surface area (Å²) in [6, 6.07) is 2.38. The summed E-state index contributed by atoms with van der Waals surface area (Å²) < 4.78 is 65.1. The number of esters is 2. The first-order chi connectivity index (χ1) is 26.3. The van der Waals surface area contributed by atoms with Gasteiger partial charge in [-0.25, -0.2) is 0 Å². The van der Waals surface area contributed by atoms with E-state index in [-0.39, 0.29) is 18.4 Å². The molecule has 0 bridgehead atoms. The highest BCUT2D eigenvalue weighted by molar-refractivity contribution is 7.54. The lowest BCUT2D eigenvalue weighted by molar-refractivity contribution is -0.163. The van der Waals surface area contributed by atoms with Gasteiger partial charge in [-0.15, -0.1) is 0 Å². The lowest BCUT2D eigenvalue weighted by Gasteiger charge is -2.29. The minimum absolute atomic E-state index is 0.102. The van der Waals surface area contributed by atoms with Crippen molar-refractivity contribution in [1.29, 1.82) is 0 Å². The second-order valence-corrected chi connectivity index (χ2v) is 18.2. The third-order valence-corrected chi connectivity index (χ3v) is 10.8. The molecule has 2 rings (SSSR count). The molecule has 15 nitrogen and oxygen atoms in total. The van der Waals surface area contributed by atoms with Crippen molar-refractivity contribution in [3.8, 4) is 0 Å². The molecule has 1 aliphatic heterocycles. The fraction of sp³-hybridized carbons (Fsp3) is 0.641. The lowest BCUT2D eigenvalue weighted by Crippen LogP contribution is -2.54. The van der Waals surface area contributed by atoms with Crippen molar-refractivity contribution in [1.82, 2.24) is 15.5 Å². The molecule has 1 aromatic rings. The van der Waals surface area contributed by atoms with Crippen LogP contribution in [0.3, 0.4) is 0 Å². The molecule has 18 heteroatoms. The van der Waals surface area contributed by atoms with Gasteiger partial charge in [-0.05, 0) is 92.2 Å². The van der Waals surface area contributed by atoms with Crippen LogP contribution >= 0.6 is 7.60 Å². The highest BCUT2D eigenvalue weighted by atomic mass is 31.2. The summed E-state index contributed by atoms with van der Waals surface area (Å²) in [5, 5.41) is 5.58. The number of carbonyl (C=O) groups is 6. The second-order valence-electron chi connectivity index (χ2n) is 16.1. The highest BCUT2D eigenvalue weighted by Crippen LogP contribution is 2.67. The number of benzene rings is 1. The Morgan fingerprint density at radius 3 is 1.96 bits per heavy atom. The van der Waals surface area contributed by atoms with Gasteiger partial charge in [-0.3, -0.25) is 42.4 Å². The number of ether oxygens (including phenoxy) is 2. The van der Waals surface area contributed by atoms with E-state index >= 15 is 8.78 Å². The van der Waals surface area contributed by atoms with Crippen LogP contribution in [0.2, 0.25) is 0 Å². The minimum atomic E-state index is -5.54. The van der Waals surface area contributed by atoms with Gasteiger partial charge in [0.15, 0.2) is 0 Å². The van der Waals surface area contributed by atoms with Crippen molar-refractivity contribution in [2.24, 2.45) is 16.6 Å². The first-order valence-electron chi connectivity index (χ1n) is 18.9. The Balaban J connectivity index is 2.25. The fourth-order valence-corrected chi connectivity index (χ4v) is 6.70. The number of alkyl halides is 2. The maximum Gasteiger partial charge on any atom is 0.410 e. The average molecular weight is 829 g/mol. The van der Waals surface area contributed by atoms with Crippen LogP contribution < -0.4 is 16.4 Å². The van der Waals surface area contributed by atoms with Crippen LogP contribution in [0, 0.1) is 10.8 Å². The monoisotopic (exact) mass is 828 g/mol. The van der Waals surface area contributed by atoms with Gasteiger partial charge in [0.25, 0.3) is 0 Å². The van der Waals surface area contributed by atoms with Crippen LogP contribution in [0.15, 0.2) is 30.3 Å². The molecule has 1 aliphatic rings. The zero-order valence-corrected chi connectivity index (χ0v) is 35.3. The Bertz CT molecular complexity index is 1640. The number of nitrogens with zero attached hydrogens (tertiary/aromatic N) is 1. The molecule has 3 atom stereocenters. The van der Waals surface area contributed by atoms with Crippen LogP contribution in [0.1, 0.15) is 118 Å². The van der Waals surface area contributed by atoms with Crippen molar-refractivity contribution >= 4 is 48.7 Å². The fourth-order valence-electron chi connectivity index (χ4n) is 5.45. The number of nitrogens with one attached hydrogen (secondary N) is 2. The summed E-state index contributed by atoms with van der Waals surface area (Å²) in [6.45, 7) is 12.4. The number of hydrogen-bond acceptors (Lipinski definition) is 11. The van der Waals surface area contributed by atoms with Gasteiger partial charge in [-0.1, -0.05) is 44.0 Å². The second kappa shape index (κ2) is 21.0. The van der Waals surface area contributed by atoms with E-state index < -0.39 is 85.0 Å². The molecular formula is C39H59F2N4O11P. The van der Waals surface area contributed by atoms with Crippen molar-refractivity contribution in [3.63, 3.8) is 0 Å². The van der Waals surface area contributed by atoms with E-state index in [0.717, 1.165) is 18.6 Å². The predicted octanol–water partition coefficient (Wildman–Crippen LogP) is 5.90. The summed E-state index contributed by atoms with van der Waals surface area (Å²) in [4.78, 5) is 77.1. The molecule has 0 spiro atoms. The molecule has 320 valence electrons. The number of unbranched alkanes of at least 4 members (excludes halogenated alkanes) is 1. The molecule has 4 amide bonds. The van der Waals surface area contributed by atoms with E-state index in [2.05, 4.69) is 10.6 Å². The zero-order valence-electron chi connectivity index (χ0n) is 34.4. The van der Waals surface area contributed by atoms with Gasteiger partial charge in [0.05, 0.1) is 10.8 Å². The highest BCUT2D eigenvalue weighted by Gasteiger charge is 2.56. The zero-order chi connectivity index (χ0) is 43.4. The third kappa shape index (κ3) is 14.6. The molecular weight excluding hydrogens is 769 g/mol. The molecule has 1 aromatic carbocycles. The number of hydrogen-bond donors (Lipinski definition) is 3. The van der Waals surface area contributed by atoms with Crippen molar-refractivity contribution in [3.05, 3.63) is 41.5 Å². The molecule has 0 aromatic heterocycles. The Hall–Kier alpha value is -4.21. The molecule has 1 fully saturated rings. The number of nitrogens with two attached hydrogens (primary N) is 1. The Morgan fingerprint density at radius 2 is 1.47 bits per heavy atom. The number of carbonyl (C=O) groups excluding carboxylic acids is 6. The Labute approximate surface area is 333 Å². The van der Waals surface area contributed by atoms with Crippen molar-refractivity contribution in [2.75, 3.05) is 20.1 Å². The molecule has 1 saturated heterocycles. The summed E-state index contributed by atoms with van der Waals surface area (Å²) in [6.07, 6.45) is 4.34.